The van der Waals surface area contributed by atoms with Gasteiger partial charge in [-0.05, 0) is 75.7 Å². The van der Waals surface area contributed by atoms with Gasteiger partial charge in [0.2, 0.25) is 0 Å². The molecule has 0 amide bonds. The second-order valence-corrected chi connectivity index (χ2v) is 15.7. The van der Waals surface area contributed by atoms with Crippen LogP contribution in [0.5, 0.6) is 0 Å². The van der Waals surface area contributed by atoms with Crippen LogP contribution in [0.15, 0.2) is 24.3 Å². The van der Waals surface area contributed by atoms with Crippen LogP contribution in [0.3, 0.4) is 0 Å². The van der Waals surface area contributed by atoms with E-state index in [0.29, 0.717) is 6.42 Å². The first kappa shape index (κ1) is 19.6. The van der Waals surface area contributed by atoms with Gasteiger partial charge in [-0.3, -0.25) is 9.59 Å². The fourth-order valence-corrected chi connectivity index (χ4v) is 9.47. The van der Waals surface area contributed by atoms with Crippen molar-refractivity contribution in [3.05, 3.63) is 24.3 Å². The molecule has 29 heavy (non-hydrogen) atoms. The largest absolute Gasteiger partial charge is 0.469 e. The molecule has 1 aliphatic heterocycles. The number of hydrogen-bond donors (Lipinski definition) is 0. The maximum atomic E-state index is 13.3. The van der Waals surface area contributed by atoms with Gasteiger partial charge < -0.3 is 13.9 Å². The summed E-state index contributed by atoms with van der Waals surface area (Å²) in [5.74, 6) is -0.825. The van der Waals surface area contributed by atoms with Crippen LogP contribution in [0.2, 0.25) is 19.6 Å². The van der Waals surface area contributed by atoms with E-state index < -0.39 is 19.3 Å². The number of esters is 2. The summed E-state index contributed by atoms with van der Waals surface area (Å²) >= 11 is 0. The lowest BCUT2D eigenvalue weighted by atomic mass is 9.61. The molecule has 1 spiro atoms. The molecule has 4 fully saturated rings. The minimum Gasteiger partial charge on any atom is -0.469 e. The third kappa shape index (κ3) is 2.15. The molecule has 1 unspecified atom stereocenters. The molecule has 0 N–H and O–H groups in total. The summed E-state index contributed by atoms with van der Waals surface area (Å²) in [6.45, 7) is 13.1. The van der Waals surface area contributed by atoms with E-state index in [9.17, 15) is 9.59 Å². The second kappa shape index (κ2) is 5.44. The van der Waals surface area contributed by atoms with Crippen molar-refractivity contribution in [3.63, 3.8) is 0 Å². The zero-order valence-electron chi connectivity index (χ0n) is 18.2. The Bertz CT molecular complexity index is 858. The summed E-state index contributed by atoms with van der Waals surface area (Å²) in [6.07, 6.45) is 8.11. The predicted molar refractivity (Wildman–Crippen MR) is 110 cm³/mol. The Balaban J connectivity index is 1.69. The van der Waals surface area contributed by atoms with Crippen molar-refractivity contribution in [1.82, 2.24) is 0 Å². The molecule has 0 aromatic rings. The number of fused-ring (bicyclic) bond motifs is 1. The van der Waals surface area contributed by atoms with E-state index in [1.54, 1.807) is 0 Å². The van der Waals surface area contributed by atoms with E-state index in [-0.39, 0.29) is 40.7 Å². The summed E-state index contributed by atoms with van der Waals surface area (Å²) in [5, 5.41) is 0. The maximum absolute atomic E-state index is 13.3. The first-order valence-corrected chi connectivity index (χ1v) is 14.2. The fraction of sp³-hybridized carbons (Fsp3) is 0.739. The van der Waals surface area contributed by atoms with Crippen molar-refractivity contribution >= 4 is 20.3 Å². The monoisotopic (exact) mass is 416 g/mol. The van der Waals surface area contributed by atoms with Gasteiger partial charge in [0.25, 0.3) is 0 Å². The van der Waals surface area contributed by atoms with Crippen molar-refractivity contribution in [2.24, 2.45) is 28.6 Å². The number of carbonyl (C=O) groups is 2. The van der Waals surface area contributed by atoms with E-state index in [2.05, 4.69) is 38.4 Å². The minimum absolute atomic E-state index is 0.101. The minimum atomic E-state index is -1.82. The molecule has 6 heteroatoms. The quantitative estimate of drug-likeness (QED) is 0.395. The summed E-state index contributed by atoms with van der Waals surface area (Å²) in [6, 6.07) is 0. The first-order valence-electron chi connectivity index (χ1n) is 10.8. The number of hydrogen-bond acceptors (Lipinski definition) is 5. The van der Waals surface area contributed by atoms with Gasteiger partial charge in [0.05, 0.1) is 24.0 Å². The van der Waals surface area contributed by atoms with E-state index in [1.165, 1.54) is 7.11 Å². The normalized spacial score (nSPS) is 49.6. The molecule has 1 saturated heterocycles. The molecular weight excluding hydrogens is 384 g/mol. The molecular formula is C23H32O5Si. The summed E-state index contributed by atoms with van der Waals surface area (Å²) in [5.41, 5.74) is -0.929. The van der Waals surface area contributed by atoms with Crippen molar-refractivity contribution in [2.45, 2.75) is 69.9 Å². The number of allylic oxidation sites excluding steroid dienone is 1. The highest BCUT2D eigenvalue weighted by Gasteiger charge is 2.82. The van der Waals surface area contributed by atoms with Crippen molar-refractivity contribution in [3.8, 4) is 0 Å². The number of methoxy groups -OCH3 is 1. The van der Waals surface area contributed by atoms with Gasteiger partial charge in [0.15, 0.2) is 8.32 Å². The van der Waals surface area contributed by atoms with Gasteiger partial charge in [0.1, 0.15) is 5.60 Å². The van der Waals surface area contributed by atoms with Gasteiger partial charge >= 0.3 is 11.9 Å². The summed E-state index contributed by atoms with van der Waals surface area (Å²) in [7, 11) is -0.355. The summed E-state index contributed by atoms with van der Waals surface area (Å²) in [4.78, 5) is 26.3. The zero-order chi connectivity index (χ0) is 21.0. The van der Waals surface area contributed by atoms with Crippen LogP contribution in [0.4, 0.5) is 0 Å². The molecule has 4 aliphatic carbocycles. The van der Waals surface area contributed by atoms with Crippen molar-refractivity contribution in [1.29, 1.82) is 0 Å². The average Bonchev–Trinajstić information content (AvgIpc) is 3.02. The topological polar surface area (TPSA) is 61.8 Å². The Hall–Kier alpha value is -1.40. The fourth-order valence-electron chi connectivity index (χ4n) is 7.97. The van der Waals surface area contributed by atoms with E-state index in [0.717, 1.165) is 31.3 Å². The average molecular weight is 417 g/mol. The Kier molecular flexibility index (Phi) is 3.67. The molecule has 0 aromatic heterocycles. The van der Waals surface area contributed by atoms with Crippen molar-refractivity contribution < 1.29 is 23.5 Å². The third-order valence-electron chi connectivity index (χ3n) is 8.61. The SMILES string of the molecule is C=C1C[C@]23C[C@@]1(O[Si](C)(C)C)CC[C@H]2[C@@]12C=CCC(C)(C(=O)O1)[C@H]2[C@@H]3C(=O)OC. The van der Waals surface area contributed by atoms with Gasteiger partial charge in [-0.15, -0.1) is 0 Å². The van der Waals surface area contributed by atoms with E-state index in [4.69, 9.17) is 13.9 Å². The lowest BCUT2D eigenvalue weighted by Gasteiger charge is -2.47. The standard InChI is InChI=1S/C23H32O5Si/c1-14-12-21-13-22(14,28-29(4,5)6)11-8-15(21)23-10-7-9-20(2,19(25)27-23)17(23)16(21)18(24)26-3/h7,10,15-17H,1,8-9,11-13H2,2-6H3/t15-,16-,17-,20?,21+,22+,23-/m1/s1. The molecule has 7 atom stereocenters. The third-order valence-corrected chi connectivity index (χ3v) is 9.62. The number of carbonyl (C=O) groups excluding carboxylic acids is 2. The van der Waals surface area contributed by atoms with Crippen molar-refractivity contribution in [2.75, 3.05) is 7.11 Å². The lowest BCUT2D eigenvalue weighted by molar-refractivity contribution is -0.161. The van der Waals surface area contributed by atoms with Crippen LogP contribution >= 0.6 is 0 Å². The smallest absolute Gasteiger partial charge is 0.313 e. The Morgan fingerprint density at radius 3 is 2.72 bits per heavy atom. The molecule has 1 heterocycles. The molecule has 3 saturated carbocycles. The van der Waals surface area contributed by atoms with Crippen LogP contribution in [-0.4, -0.2) is 38.6 Å². The highest BCUT2D eigenvalue weighted by atomic mass is 28.4. The lowest BCUT2D eigenvalue weighted by Crippen LogP contribution is -2.50. The van der Waals surface area contributed by atoms with E-state index in [1.807, 2.05) is 6.92 Å². The Morgan fingerprint density at radius 2 is 2.07 bits per heavy atom. The molecule has 0 radical (unpaired) electrons. The highest BCUT2D eigenvalue weighted by Crippen LogP contribution is 2.78. The molecule has 0 aromatic carbocycles. The van der Waals surface area contributed by atoms with Crippen LogP contribution < -0.4 is 0 Å². The number of rotatable bonds is 3. The molecule has 5 aliphatic rings. The molecule has 4 bridgehead atoms. The van der Waals surface area contributed by atoms with Crippen LogP contribution in [0.1, 0.15) is 39.0 Å². The van der Waals surface area contributed by atoms with Gasteiger partial charge in [-0.25, -0.2) is 0 Å². The Labute approximate surface area is 174 Å². The van der Waals surface area contributed by atoms with Crippen LogP contribution in [0.25, 0.3) is 0 Å². The molecule has 158 valence electrons. The number of ether oxygens (including phenoxy) is 2. The molecule has 5 rings (SSSR count). The predicted octanol–water partition coefficient (Wildman–Crippen LogP) is 4.00. The Morgan fingerprint density at radius 1 is 1.34 bits per heavy atom. The van der Waals surface area contributed by atoms with E-state index >= 15 is 0 Å². The van der Waals surface area contributed by atoms with Gasteiger partial charge in [-0.1, -0.05) is 12.7 Å². The van der Waals surface area contributed by atoms with Gasteiger partial charge in [0, 0.05) is 11.8 Å². The highest BCUT2D eigenvalue weighted by molar-refractivity contribution is 6.69. The maximum Gasteiger partial charge on any atom is 0.313 e. The second-order valence-electron chi connectivity index (χ2n) is 11.2. The van der Waals surface area contributed by atoms with Crippen LogP contribution in [-0.2, 0) is 23.5 Å². The van der Waals surface area contributed by atoms with Crippen LogP contribution in [0, 0.1) is 28.6 Å². The molecule has 5 nitrogen and oxygen atoms in total. The summed E-state index contributed by atoms with van der Waals surface area (Å²) < 4.78 is 18.3. The zero-order valence-corrected chi connectivity index (χ0v) is 19.2. The van der Waals surface area contributed by atoms with Gasteiger partial charge in [-0.2, -0.15) is 0 Å². The first-order chi connectivity index (χ1) is 13.4.